The van der Waals surface area contributed by atoms with E-state index in [2.05, 4.69) is 5.10 Å². The summed E-state index contributed by atoms with van der Waals surface area (Å²) in [7, 11) is 0. The van der Waals surface area contributed by atoms with Gasteiger partial charge >= 0.3 is 6.09 Å². The van der Waals surface area contributed by atoms with Crippen molar-refractivity contribution in [1.82, 2.24) is 19.6 Å². The number of amides is 2. The Morgan fingerprint density at radius 3 is 2.73 bits per heavy atom. The predicted octanol–water partition coefficient (Wildman–Crippen LogP) is 1.64. The van der Waals surface area contributed by atoms with Crippen molar-refractivity contribution in [2.24, 2.45) is 0 Å². The summed E-state index contributed by atoms with van der Waals surface area (Å²) in [6.07, 6.45) is 2.80. The van der Waals surface area contributed by atoms with Crippen LogP contribution in [-0.4, -0.2) is 62.5 Å². The van der Waals surface area contributed by atoms with Gasteiger partial charge in [-0.1, -0.05) is 30.3 Å². The quantitative estimate of drug-likeness (QED) is 0.848. The van der Waals surface area contributed by atoms with E-state index < -0.39 is 12.1 Å². The standard InChI is InChI=1S/C18H22N4O4/c23-17-16(12-21-10-4-8-19-21)22(18(24)25)11-5-9-20(17)14-26-13-15-6-2-1-3-7-15/h1-4,6-8,10,16H,5,9,11-14H2,(H,24,25). The minimum absolute atomic E-state index is 0.136. The highest BCUT2D eigenvalue weighted by Crippen LogP contribution is 2.14. The minimum atomic E-state index is -1.09. The summed E-state index contributed by atoms with van der Waals surface area (Å²) in [5.74, 6) is -0.256. The van der Waals surface area contributed by atoms with Crippen LogP contribution >= 0.6 is 0 Å². The number of hydrogen-bond acceptors (Lipinski definition) is 4. The van der Waals surface area contributed by atoms with Gasteiger partial charge in [-0.25, -0.2) is 4.79 Å². The van der Waals surface area contributed by atoms with Crippen LogP contribution in [0.4, 0.5) is 4.79 Å². The molecule has 1 unspecified atom stereocenters. The first-order valence-corrected chi connectivity index (χ1v) is 8.52. The van der Waals surface area contributed by atoms with E-state index in [0.29, 0.717) is 26.1 Å². The third-order valence-corrected chi connectivity index (χ3v) is 4.32. The molecule has 8 heteroatoms. The number of hydrogen-bond donors (Lipinski definition) is 1. The SMILES string of the molecule is O=C1C(Cn2cccn2)N(C(=O)O)CCCN1COCc1ccccc1. The summed E-state index contributed by atoms with van der Waals surface area (Å²) in [5.41, 5.74) is 1.02. The first-order chi connectivity index (χ1) is 12.6. The minimum Gasteiger partial charge on any atom is -0.465 e. The van der Waals surface area contributed by atoms with Gasteiger partial charge < -0.3 is 14.7 Å². The number of nitrogens with zero attached hydrogens (tertiary/aromatic N) is 4. The largest absolute Gasteiger partial charge is 0.465 e. The van der Waals surface area contributed by atoms with Crippen molar-refractivity contribution >= 4 is 12.0 Å². The molecule has 1 fully saturated rings. The highest BCUT2D eigenvalue weighted by atomic mass is 16.5. The van der Waals surface area contributed by atoms with E-state index in [1.807, 2.05) is 30.3 Å². The zero-order valence-corrected chi connectivity index (χ0v) is 14.4. The molecule has 1 aromatic heterocycles. The van der Waals surface area contributed by atoms with Crippen LogP contribution in [0.15, 0.2) is 48.8 Å². The molecule has 0 bridgehead atoms. The van der Waals surface area contributed by atoms with E-state index in [0.717, 1.165) is 5.56 Å². The van der Waals surface area contributed by atoms with E-state index in [4.69, 9.17) is 4.74 Å². The van der Waals surface area contributed by atoms with Gasteiger partial charge in [0.2, 0.25) is 5.91 Å². The number of carboxylic acid groups (broad SMARTS) is 1. The van der Waals surface area contributed by atoms with E-state index in [9.17, 15) is 14.7 Å². The Bertz CT molecular complexity index is 720. The maximum Gasteiger partial charge on any atom is 0.408 e. The smallest absolute Gasteiger partial charge is 0.408 e. The zero-order chi connectivity index (χ0) is 18.4. The molecule has 26 heavy (non-hydrogen) atoms. The average Bonchev–Trinajstić information content (AvgIpc) is 3.10. The highest BCUT2D eigenvalue weighted by molar-refractivity contribution is 5.85. The zero-order valence-electron chi connectivity index (χ0n) is 14.4. The van der Waals surface area contributed by atoms with Gasteiger partial charge in [0.05, 0.1) is 13.2 Å². The lowest BCUT2D eigenvalue weighted by molar-refractivity contribution is -0.141. The normalized spacial score (nSPS) is 18.0. The van der Waals surface area contributed by atoms with Gasteiger partial charge in [-0.05, 0) is 18.1 Å². The molecule has 2 amide bonds. The van der Waals surface area contributed by atoms with Gasteiger partial charge in [0.25, 0.3) is 0 Å². The Kier molecular flexibility index (Phi) is 5.85. The summed E-state index contributed by atoms with van der Waals surface area (Å²) in [6, 6.07) is 10.6. The van der Waals surface area contributed by atoms with Crippen LogP contribution in [0.25, 0.3) is 0 Å². The molecule has 1 aromatic carbocycles. The second-order valence-electron chi connectivity index (χ2n) is 6.14. The first-order valence-electron chi connectivity index (χ1n) is 8.52. The van der Waals surface area contributed by atoms with Gasteiger partial charge in [-0.15, -0.1) is 0 Å². The summed E-state index contributed by atoms with van der Waals surface area (Å²) in [5, 5.41) is 13.6. The molecule has 1 atom stereocenters. The van der Waals surface area contributed by atoms with Gasteiger partial charge in [-0.3, -0.25) is 14.4 Å². The highest BCUT2D eigenvalue weighted by Gasteiger charge is 2.35. The number of carbonyl (C=O) groups excluding carboxylic acids is 1. The molecule has 0 saturated carbocycles. The predicted molar refractivity (Wildman–Crippen MR) is 93.2 cm³/mol. The lowest BCUT2D eigenvalue weighted by Gasteiger charge is -2.28. The first kappa shape index (κ1) is 17.9. The van der Waals surface area contributed by atoms with Gasteiger partial charge in [-0.2, -0.15) is 5.10 Å². The molecular weight excluding hydrogens is 336 g/mol. The Labute approximate surface area is 151 Å². The number of ether oxygens (including phenoxy) is 1. The van der Waals surface area contributed by atoms with E-state index in [1.165, 1.54) is 4.90 Å². The molecule has 138 valence electrons. The fourth-order valence-electron chi connectivity index (χ4n) is 3.01. The van der Waals surface area contributed by atoms with Crippen LogP contribution in [0, 0.1) is 0 Å². The Hall–Kier alpha value is -2.87. The van der Waals surface area contributed by atoms with Crippen molar-refractivity contribution in [3.8, 4) is 0 Å². The number of benzene rings is 1. The molecular formula is C18H22N4O4. The molecule has 2 heterocycles. The molecule has 0 radical (unpaired) electrons. The van der Waals surface area contributed by atoms with Crippen LogP contribution < -0.4 is 0 Å². The van der Waals surface area contributed by atoms with Gasteiger partial charge in [0, 0.05) is 25.5 Å². The Balaban J connectivity index is 1.66. The van der Waals surface area contributed by atoms with Crippen molar-refractivity contribution in [2.75, 3.05) is 19.8 Å². The van der Waals surface area contributed by atoms with Crippen LogP contribution in [0.3, 0.4) is 0 Å². The lowest BCUT2D eigenvalue weighted by atomic mass is 10.2. The van der Waals surface area contributed by atoms with Crippen molar-refractivity contribution in [1.29, 1.82) is 0 Å². The molecule has 0 spiro atoms. The Morgan fingerprint density at radius 2 is 2.04 bits per heavy atom. The molecule has 1 saturated heterocycles. The average molecular weight is 358 g/mol. The van der Waals surface area contributed by atoms with Crippen molar-refractivity contribution < 1.29 is 19.4 Å². The maximum absolute atomic E-state index is 12.9. The molecule has 8 nitrogen and oxygen atoms in total. The van der Waals surface area contributed by atoms with E-state index in [1.54, 1.807) is 28.0 Å². The van der Waals surface area contributed by atoms with Crippen LogP contribution in [0.2, 0.25) is 0 Å². The van der Waals surface area contributed by atoms with Crippen molar-refractivity contribution in [2.45, 2.75) is 25.6 Å². The maximum atomic E-state index is 12.9. The number of rotatable bonds is 6. The molecule has 2 aromatic rings. The summed E-state index contributed by atoms with van der Waals surface area (Å²) < 4.78 is 7.26. The van der Waals surface area contributed by atoms with Crippen LogP contribution in [0.5, 0.6) is 0 Å². The monoisotopic (exact) mass is 358 g/mol. The summed E-state index contributed by atoms with van der Waals surface area (Å²) in [4.78, 5) is 27.3. The van der Waals surface area contributed by atoms with Crippen LogP contribution in [-0.2, 0) is 22.7 Å². The fourth-order valence-corrected chi connectivity index (χ4v) is 3.01. The third kappa shape index (κ3) is 4.40. The molecule has 0 aliphatic carbocycles. The summed E-state index contributed by atoms with van der Waals surface area (Å²) >= 11 is 0. The third-order valence-electron chi connectivity index (χ3n) is 4.32. The number of carbonyl (C=O) groups is 2. The van der Waals surface area contributed by atoms with E-state index >= 15 is 0 Å². The van der Waals surface area contributed by atoms with E-state index in [-0.39, 0.29) is 19.2 Å². The second kappa shape index (κ2) is 8.48. The van der Waals surface area contributed by atoms with Crippen LogP contribution in [0.1, 0.15) is 12.0 Å². The summed E-state index contributed by atoms with van der Waals surface area (Å²) in [6.45, 7) is 1.50. The van der Waals surface area contributed by atoms with Gasteiger partial charge in [0.1, 0.15) is 12.8 Å². The number of aromatic nitrogens is 2. The van der Waals surface area contributed by atoms with Crippen molar-refractivity contribution in [3.05, 3.63) is 54.4 Å². The fraction of sp³-hybridized carbons (Fsp3) is 0.389. The molecule has 1 N–H and O–H groups in total. The lowest BCUT2D eigenvalue weighted by Crippen LogP contribution is -2.50. The topological polar surface area (TPSA) is 87.9 Å². The molecule has 3 rings (SSSR count). The van der Waals surface area contributed by atoms with Crippen molar-refractivity contribution in [3.63, 3.8) is 0 Å². The molecule has 1 aliphatic heterocycles. The second-order valence-corrected chi connectivity index (χ2v) is 6.14. The molecule has 1 aliphatic rings. The van der Waals surface area contributed by atoms with Gasteiger partial charge in [0.15, 0.2) is 0 Å². The Morgan fingerprint density at radius 1 is 1.23 bits per heavy atom.